The zero-order valence-electron chi connectivity index (χ0n) is 14.1. The molecule has 0 saturated carbocycles. The van der Waals surface area contributed by atoms with E-state index < -0.39 is 0 Å². The van der Waals surface area contributed by atoms with Crippen LogP contribution in [0.25, 0.3) is 0 Å². The summed E-state index contributed by atoms with van der Waals surface area (Å²) in [6.07, 6.45) is 4.97. The Balaban J connectivity index is 1.77. The Morgan fingerprint density at radius 3 is 2.71 bits per heavy atom. The molecule has 1 N–H and O–H groups in total. The zero-order valence-corrected chi connectivity index (χ0v) is 15.7. The van der Waals surface area contributed by atoms with Gasteiger partial charge in [-0.05, 0) is 50.0 Å². The van der Waals surface area contributed by atoms with Crippen LogP contribution in [0.15, 0.2) is 16.6 Å². The Labute approximate surface area is 151 Å². The lowest BCUT2D eigenvalue weighted by Crippen LogP contribution is -2.39. The Morgan fingerprint density at radius 1 is 1.25 bits per heavy atom. The van der Waals surface area contributed by atoms with Crippen LogP contribution < -0.4 is 10.2 Å². The van der Waals surface area contributed by atoms with Crippen molar-refractivity contribution in [3.63, 3.8) is 0 Å². The summed E-state index contributed by atoms with van der Waals surface area (Å²) in [6, 6.07) is 3.91. The summed E-state index contributed by atoms with van der Waals surface area (Å²) in [4.78, 5) is 28.6. The highest BCUT2D eigenvalue weighted by Gasteiger charge is 2.27. The molecule has 0 unspecified atom stereocenters. The first-order valence-electron chi connectivity index (χ1n) is 8.68. The van der Waals surface area contributed by atoms with Crippen molar-refractivity contribution in [3.8, 4) is 0 Å². The largest absolute Gasteiger partial charge is 0.383 e. The number of nitrogens with zero attached hydrogens (tertiary/aromatic N) is 2. The second kappa shape index (κ2) is 7.66. The highest BCUT2D eigenvalue weighted by atomic mass is 79.9. The quantitative estimate of drug-likeness (QED) is 0.853. The monoisotopic (exact) mass is 393 g/mol. The number of likely N-dealkylation sites (tertiary alicyclic amines) is 1. The second-order valence-electron chi connectivity index (χ2n) is 6.54. The van der Waals surface area contributed by atoms with Gasteiger partial charge in [0.25, 0.3) is 0 Å². The number of amides is 2. The SMILES string of the molecule is CC(=O)N(C(=O)CCN1CCCCC1)c1cc(Br)cc2c1NCC2. The maximum absolute atomic E-state index is 12.8. The molecule has 0 spiro atoms. The molecule has 0 radical (unpaired) electrons. The van der Waals surface area contributed by atoms with Crippen LogP contribution in [0.2, 0.25) is 0 Å². The number of benzene rings is 1. The first-order valence-corrected chi connectivity index (χ1v) is 9.48. The number of hydrogen-bond acceptors (Lipinski definition) is 4. The van der Waals surface area contributed by atoms with Gasteiger partial charge < -0.3 is 10.2 Å². The van der Waals surface area contributed by atoms with Crippen LogP contribution in [0.3, 0.4) is 0 Å². The lowest BCUT2D eigenvalue weighted by Gasteiger charge is -2.28. The molecule has 0 aromatic heterocycles. The average Bonchev–Trinajstić information content (AvgIpc) is 3.02. The lowest BCUT2D eigenvalue weighted by atomic mass is 10.1. The van der Waals surface area contributed by atoms with Gasteiger partial charge in [0.05, 0.1) is 11.4 Å². The predicted octanol–water partition coefficient (Wildman–Crippen LogP) is 3.17. The summed E-state index contributed by atoms with van der Waals surface area (Å²) in [5.74, 6) is -0.352. The van der Waals surface area contributed by atoms with Crippen molar-refractivity contribution >= 4 is 39.1 Å². The highest BCUT2D eigenvalue weighted by molar-refractivity contribution is 9.10. The number of halogens is 1. The van der Waals surface area contributed by atoms with Gasteiger partial charge in [0, 0.05) is 30.9 Å². The fraction of sp³-hybridized carbons (Fsp3) is 0.556. The molecule has 6 heteroatoms. The molecule has 1 aromatic carbocycles. The average molecular weight is 394 g/mol. The molecule has 1 saturated heterocycles. The Morgan fingerprint density at radius 2 is 2.00 bits per heavy atom. The first-order chi connectivity index (χ1) is 11.6. The molecule has 24 heavy (non-hydrogen) atoms. The molecular formula is C18H24BrN3O2. The molecule has 0 bridgehead atoms. The molecule has 0 aliphatic carbocycles. The number of piperidine rings is 1. The smallest absolute Gasteiger partial charge is 0.235 e. The van der Waals surface area contributed by atoms with E-state index in [4.69, 9.17) is 0 Å². The predicted molar refractivity (Wildman–Crippen MR) is 99.4 cm³/mol. The fourth-order valence-corrected chi connectivity index (χ4v) is 4.07. The van der Waals surface area contributed by atoms with Crippen molar-refractivity contribution in [1.29, 1.82) is 0 Å². The van der Waals surface area contributed by atoms with E-state index in [2.05, 4.69) is 32.2 Å². The Bertz CT molecular complexity index is 641. The molecule has 5 nitrogen and oxygen atoms in total. The standard InChI is InChI=1S/C18H24BrN3O2/c1-13(23)22(17(24)6-10-21-8-3-2-4-9-21)16-12-15(19)11-14-5-7-20-18(14)16/h11-12,20H,2-10H2,1H3. The number of nitrogens with one attached hydrogen (secondary N) is 1. The number of imide groups is 1. The van der Waals surface area contributed by atoms with E-state index in [0.717, 1.165) is 48.3 Å². The van der Waals surface area contributed by atoms with Gasteiger partial charge in [-0.15, -0.1) is 0 Å². The third-order valence-corrected chi connectivity index (χ3v) is 5.21. The first kappa shape index (κ1) is 17.4. The maximum Gasteiger partial charge on any atom is 0.235 e. The van der Waals surface area contributed by atoms with Gasteiger partial charge in [-0.25, -0.2) is 4.90 Å². The molecule has 2 aliphatic heterocycles. The van der Waals surface area contributed by atoms with Crippen molar-refractivity contribution in [3.05, 3.63) is 22.2 Å². The highest BCUT2D eigenvalue weighted by Crippen LogP contribution is 2.37. The van der Waals surface area contributed by atoms with Gasteiger partial charge in [-0.1, -0.05) is 22.4 Å². The van der Waals surface area contributed by atoms with E-state index in [1.165, 1.54) is 31.1 Å². The van der Waals surface area contributed by atoms with Crippen molar-refractivity contribution in [2.75, 3.05) is 36.4 Å². The van der Waals surface area contributed by atoms with Crippen molar-refractivity contribution in [2.45, 2.75) is 39.0 Å². The fourth-order valence-electron chi connectivity index (χ4n) is 3.58. The normalized spacial score (nSPS) is 17.2. The summed E-state index contributed by atoms with van der Waals surface area (Å²) < 4.78 is 0.898. The van der Waals surface area contributed by atoms with Crippen LogP contribution >= 0.6 is 15.9 Å². The number of hydrogen-bond donors (Lipinski definition) is 1. The summed E-state index contributed by atoms with van der Waals surface area (Å²) in [5.41, 5.74) is 2.74. The summed E-state index contributed by atoms with van der Waals surface area (Å²) >= 11 is 3.50. The van der Waals surface area contributed by atoms with Crippen LogP contribution in [-0.4, -0.2) is 42.9 Å². The van der Waals surface area contributed by atoms with Crippen LogP contribution in [0.4, 0.5) is 11.4 Å². The van der Waals surface area contributed by atoms with E-state index in [1.54, 1.807) is 0 Å². The summed E-state index contributed by atoms with van der Waals surface area (Å²) in [7, 11) is 0. The van der Waals surface area contributed by atoms with Gasteiger partial charge in [-0.2, -0.15) is 0 Å². The lowest BCUT2D eigenvalue weighted by molar-refractivity contribution is -0.125. The third-order valence-electron chi connectivity index (χ3n) is 4.76. The van der Waals surface area contributed by atoms with E-state index in [-0.39, 0.29) is 11.8 Å². The van der Waals surface area contributed by atoms with Crippen LogP contribution in [0.1, 0.15) is 38.2 Å². The van der Waals surface area contributed by atoms with Crippen LogP contribution in [0, 0.1) is 0 Å². The number of anilines is 2. The molecule has 2 amide bonds. The maximum atomic E-state index is 12.8. The molecule has 1 aromatic rings. The molecule has 3 rings (SSSR count). The minimum absolute atomic E-state index is 0.123. The van der Waals surface area contributed by atoms with Crippen LogP contribution in [-0.2, 0) is 16.0 Å². The van der Waals surface area contributed by atoms with E-state index in [0.29, 0.717) is 12.1 Å². The summed E-state index contributed by atoms with van der Waals surface area (Å²) in [5, 5.41) is 3.31. The minimum atomic E-state index is -0.229. The van der Waals surface area contributed by atoms with Crippen LogP contribution in [0.5, 0.6) is 0 Å². The van der Waals surface area contributed by atoms with Gasteiger partial charge in [0.2, 0.25) is 11.8 Å². The Hall–Kier alpha value is -1.40. The van der Waals surface area contributed by atoms with E-state index in [9.17, 15) is 9.59 Å². The number of fused-ring (bicyclic) bond motifs is 1. The number of rotatable bonds is 4. The molecular weight excluding hydrogens is 370 g/mol. The molecule has 2 heterocycles. The Kier molecular flexibility index (Phi) is 5.56. The van der Waals surface area contributed by atoms with Crippen molar-refractivity contribution < 1.29 is 9.59 Å². The molecule has 130 valence electrons. The molecule has 0 atom stereocenters. The van der Waals surface area contributed by atoms with Gasteiger partial charge in [0.1, 0.15) is 0 Å². The van der Waals surface area contributed by atoms with Gasteiger partial charge in [-0.3, -0.25) is 9.59 Å². The molecule has 1 fully saturated rings. The van der Waals surface area contributed by atoms with Gasteiger partial charge >= 0.3 is 0 Å². The number of carbonyl (C=O) groups is 2. The van der Waals surface area contributed by atoms with Crippen molar-refractivity contribution in [1.82, 2.24) is 4.90 Å². The van der Waals surface area contributed by atoms with Gasteiger partial charge in [0.15, 0.2) is 0 Å². The van der Waals surface area contributed by atoms with E-state index >= 15 is 0 Å². The third kappa shape index (κ3) is 3.81. The second-order valence-corrected chi connectivity index (χ2v) is 7.45. The van der Waals surface area contributed by atoms with Crippen molar-refractivity contribution in [2.24, 2.45) is 0 Å². The zero-order chi connectivity index (χ0) is 17.1. The van der Waals surface area contributed by atoms with E-state index in [1.807, 2.05) is 6.07 Å². The number of carbonyl (C=O) groups excluding carboxylic acids is 2. The summed E-state index contributed by atoms with van der Waals surface area (Å²) in [6.45, 7) is 5.14. The minimum Gasteiger partial charge on any atom is -0.383 e. The topological polar surface area (TPSA) is 52.7 Å². The molecule has 2 aliphatic rings.